The van der Waals surface area contributed by atoms with Gasteiger partial charge in [-0.1, -0.05) is 36.4 Å². The standard InChI is InChI=1S/C26H29N5O2S/c1-15-16(2)34-25-22(15)23(19-9-7-18(8-10-19)6-5-13-27)28-20(24-30-29-17(3)31(24)25)14-21(32)33-26(4)11-12-26/h5-10,20H,11-14,27H2,1-4H3/b6-5+/t20-/m0/s1. The molecule has 176 valence electrons. The van der Waals surface area contributed by atoms with Crippen molar-refractivity contribution >= 4 is 29.1 Å². The first-order valence-electron chi connectivity index (χ1n) is 11.6. The second kappa shape index (κ2) is 8.60. The SMILES string of the molecule is Cc1sc2c(c1C)C(c1ccc(/C=C/CN)cc1)=N[C@@H](CC(=O)OC1(C)CC1)c1nnc(C)n1-2. The zero-order valence-corrected chi connectivity index (χ0v) is 20.8. The summed E-state index contributed by atoms with van der Waals surface area (Å²) in [5, 5.41) is 9.85. The molecule has 2 aliphatic rings. The van der Waals surface area contributed by atoms with E-state index in [1.165, 1.54) is 10.4 Å². The summed E-state index contributed by atoms with van der Waals surface area (Å²) in [6.07, 6.45) is 5.88. The summed E-state index contributed by atoms with van der Waals surface area (Å²) in [7, 11) is 0. The fourth-order valence-corrected chi connectivity index (χ4v) is 5.45. The number of hydrogen-bond donors (Lipinski definition) is 1. The van der Waals surface area contributed by atoms with Crippen molar-refractivity contribution in [3.05, 3.63) is 69.1 Å². The Morgan fingerprint density at radius 3 is 2.65 bits per heavy atom. The van der Waals surface area contributed by atoms with Gasteiger partial charge >= 0.3 is 5.97 Å². The summed E-state index contributed by atoms with van der Waals surface area (Å²) in [5.74, 6) is 1.21. The van der Waals surface area contributed by atoms with E-state index in [0.29, 0.717) is 12.4 Å². The van der Waals surface area contributed by atoms with E-state index in [0.717, 1.165) is 46.1 Å². The molecule has 3 aromatic rings. The van der Waals surface area contributed by atoms with Gasteiger partial charge in [0.05, 0.1) is 12.1 Å². The second-order valence-corrected chi connectivity index (χ2v) is 10.5. The number of aryl methyl sites for hydroxylation is 2. The molecule has 0 bridgehead atoms. The van der Waals surface area contributed by atoms with Gasteiger partial charge in [0.25, 0.3) is 0 Å². The molecule has 0 saturated heterocycles. The van der Waals surface area contributed by atoms with Crippen LogP contribution in [-0.2, 0) is 9.53 Å². The molecule has 1 atom stereocenters. The highest BCUT2D eigenvalue weighted by molar-refractivity contribution is 7.15. The summed E-state index contributed by atoms with van der Waals surface area (Å²) >= 11 is 1.71. The van der Waals surface area contributed by atoms with Gasteiger partial charge in [-0.2, -0.15) is 0 Å². The normalized spacial score (nSPS) is 18.3. The maximum atomic E-state index is 12.9. The molecule has 0 unspecified atom stereocenters. The van der Waals surface area contributed by atoms with Crippen molar-refractivity contribution in [2.75, 3.05) is 6.54 Å². The maximum Gasteiger partial charge on any atom is 0.308 e. The number of nitrogens with two attached hydrogens (primary N) is 1. The minimum absolute atomic E-state index is 0.127. The Balaban J connectivity index is 1.63. The Bertz CT molecular complexity index is 1310. The van der Waals surface area contributed by atoms with Crippen molar-refractivity contribution in [3.63, 3.8) is 0 Å². The number of carbonyl (C=O) groups is 1. The lowest BCUT2D eigenvalue weighted by Crippen LogP contribution is -2.19. The van der Waals surface area contributed by atoms with Crippen LogP contribution in [0.15, 0.2) is 35.3 Å². The molecular weight excluding hydrogens is 446 g/mol. The second-order valence-electron chi connectivity index (χ2n) is 9.29. The van der Waals surface area contributed by atoms with Crippen molar-refractivity contribution in [3.8, 4) is 5.00 Å². The Kier molecular flexibility index (Phi) is 5.73. The van der Waals surface area contributed by atoms with Crippen molar-refractivity contribution in [1.82, 2.24) is 14.8 Å². The molecule has 0 amide bonds. The summed E-state index contributed by atoms with van der Waals surface area (Å²) < 4.78 is 7.79. The average molecular weight is 476 g/mol. The molecule has 1 aliphatic heterocycles. The molecule has 2 N–H and O–H groups in total. The number of thiophene rings is 1. The first kappa shape index (κ1) is 22.7. The van der Waals surface area contributed by atoms with Gasteiger partial charge in [-0.05, 0) is 51.7 Å². The Labute approximate surface area is 203 Å². The lowest BCUT2D eigenvalue weighted by atomic mass is 9.98. The fourth-order valence-electron chi connectivity index (χ4n) is 4.23. The summed E-state index contributed by atoms with van der Waals surface area (Å²) in [5.41, 5.74) is 10.5. The average Bonchev–Trinajstić information content (AvgIpc) is 3.33. The molecule has 1 aliphatic carbocycles. The van der Waals surface area contributed by atoms with Crippen LogP contribution in [0.4, 0.5) is 0 Å². The van der Waals surface area contributed by atoms with Crippen LogP contribution in [0.25, 0.3) is 11.1 Å². The first-order valence-corrected chi connectivity index (χ1v) is 12.4. The molecule has 1 fully saturated rings. The van der Waals surface area contributed by atoms with E-state index in [1.54, 1.807) is 11.3 Å². The minimum Gasteiger partial charge on any atom is -0.459 e. The molecule has 3 heterocycles. The quantitative estimate of drug-likeness (QED) is 0.526. The van der Waals surface area contributed by atoms with Gasteiger partial charge in [-0.25, -0.2) is 0 Å². The van der Waals surface area contributed by atoms with E-state index >= 15 is 0 Å². The first-order chi connectivity index (χ1) is 16.3. The summed E-state index contributed by atoms with van der Waals surface area (Å²) in [4.78, 5) is 19.2. The number of rotatable bonds is 6. The van der Waals surface area contributed by atoms with E-state index in [9.17, 15) is 4.79 Å². The third-order valence-corrected chi connectivity index (χ3v) is 7.74. The van der Waals surface area contributed by atoms with Gasteiger partial charge in [0.1, 0.15) is 22.5 Å². The van der Waals surface area contributed by atoms with E-state index in [1.807, 2.05) is 26.0 Å². The summed E-state index contributed by atoms with van der Waals surface area (Å²) in [6, 6.07) is 7.79. The van der Waals surface area contributed by atoms with Crippen LogP contribution in [0.1, 0.15) is 71.0 Å². The van der Waals surface area contributed by atoms with Crippen molar-refractivity contribution < 1.29 is 9.53 Å². The van der Waals surface area contributed by atoms with Crippen LogP contribution in [0, 0.1) is 20.8 Å². The highest BCUT2D eigenvalue weighted by Crippen LogP contribution is 2.42. The third kappa shape index (κ3) is 4.12. The molecule has 5 rings (SSSR count). The highest BCUT2D eigenvalue weighted by Gasteiger charge is 2.42. The van der Waals surface area contributed by atoms with Gasteiger partial charge in [-0.3, -0.25) is 14.4 Å². The van der Waals surface area contributed by atoms with Crippen LogP contribution in [-0.4, -0.2) is 38.6 Å². The lowest BCUT2D eigenvalue weighted by molar-refractivity contribution is -0.150. The number of hydrogen-bond acceptors (Lipinski definition) is 7. The van der Waals surface area contributed by atoms with Gasteiger partial charge in [0, 0.05) is 22.5 Å². The fraction of sp³-hybridized carbons (Fsp3) is 0.385. The molecule has 34 heavy (non-hydrogen) atoms. The van der Waals surface area contributed by atoms with Crippen LogP contribution in [0.5, 0.6) is 0 Å². The molecular formula is C26H29N5O2S. The van der Waals surface area contributed by atoms with Gasteiger partial charge in [-0.15, -0.1) is 21.5 Å². The van der Waals surface area contributed by atoms with Crippen molar-refractivity contribution in [2.24, 2.45) is 10.7 Å². The number of esters is 1. The van der Waals surface area contributed by atoms with Crippen LogP contribution in [0.3, 0.4) is 0 Å². The molecule has 7 nitrogen and oxygen atoms in total. The lowest BCUT2D eigenvalue weighted by Gasteiger charge is -2.15. The predicted octanol–water partition coefficient (Wildman–Crippen LogP) is 4.60. The number of benzene rings is 1. The predicted molar refractivity (Wildman–Crippen MR) is 135 cm³/mol. The molecule has 1 saturated carbocycles. The molecule has 0 spiro atoms. The Morgan fingerprint density at radius 1 is 1.24 bits per heavy atom. The maximum absolute atomic E-state index is 12.9. The van der Waals surface area contributed by atoms with Crippen molar-refractivity contribution in [2.45, 2.75) is 58.6 Å². The smallest absolute Gasteiger partial charge is 0.308 e. The largest absolute Gasteiger partial charge is 0.459 e. The van der Waals surface area contributed by atoms with Gasteiger partial charge in [0.2, 0.25) is 0 Å². The topological polar surface area (TPSA) is 95.4 Å². The molecule has 0 radical (unpaired) electrons. The van der Waals surface area contributed by atoms with E-state index in [4.69, 9.17) is 15.5 Å². The van der Waals surface area contributed by atoms with Crippen LogP contribution < -0.4 is 5.73 Å². The Hall–Kier alpha value is -3.10. The van der Waals surface area contributed by atoms with Crippen LogP contribution in [0.2, 0.25) is 0 Å². The highest BCUT2D eigenvalue weighted by atomic mass is 32.1. The number of aliphatic imine (C=N–C) groups is 1. The number of carbonyl (C=O) groups excluding carboxylic acids is 1. The molecule has 2 aromatic heterocycles. The summed E-state index contributed by atoms with van der Waals surface area (Å²) in [6.45, 7) is 8.66. The number of fused-ring (bicyclic) bond motifs is 3. The monoisotopic (exact) mass is 475 g/mol. The third-order valence-electron chi connectivity index (χ3n) is 6.54. The van der Waals surface area contributed by atoms with E-state index in [2.05, 4.69) is 52.9 Å². The zero-order valence-electron chi connectivity index (χ0n) is 20.0. The number of nitrogens with zero attached hydrogens (tertiary/aromatic N) is 4. The Morgan fingerprint density at radius 2 is 1.97 bits per heavy atom. The number of aromatic nitrogens is 3. The van der Waals surface area contributed by atoms with Crippen molar-refractivity contribution in [1.29, 1.82) is 0 Å². The molecule has 8 heteroatoms. The van der Waals surface area contributed by atoms with E-state index in [-0.39, 0.29) is 18.0 Å². The minimum atomic E-state index is -0.484. The molecule has 1 aromatic carbocycles. The zero-order chi connectivity index (χ0) is 24.0. The van der Waals surface area contributed by atoms with E-state index < -0.39 is 6.04 Å². The number of ether oxygens (including phenoxy) is 1. The van der Waals surface area contributed by atoms with Gasteiger partial charge in [0.15, 0.2) is 5.82 Å². The van der Waals surface area contributed by atoms with Crippen LogP contribution >= 0.6 is 11.3 Å². The van der Waals surface area contributed by atoms with Gasteiger partial charge < -0.3 is 10.5 Å².